The van der Waals surface area contributed by atoms with Gasteiger partial charge in [0.05, 0.1) is 11.6 Å². The van der Waals surface area contributed by atoms with Crippen molar-refractivity contribution in [1.29, 1.82) is 0 Å². The van der Waals surface area contributed by atoms with Crippen LogP contribution in [0.25, 0.3) is 0 Å². The molecule has 2 N–H and O–H groups in total. The van der Waals surface area contributed by atoms with E-state index in [1.165, 1.54) is 13.2 Å². The highest BCUT2D eigenvalue weighted by molar-refractivity contribution is 9.10. The summed E-state index contributed by atoms with van der Waals surface area (Å²) in [5, 5.41) is 13.0. The van der Waals surface area contributed by atoms with E-state index in [1.54, 1.807) is 30.3 Å². The molecule has 0 saturated carbocycles. The Labute approximate surface area is 119 Å². The number of anilines is 1. The lowest BCUT2D eigenvalue weighted by atomic mass is 10.2. The van der Waals surface area contributed by atoms with Crippen molar-refractivity contribution in [2.75, 3.05) is 12.4 Å². The molecule has 0 aliphatic carbocycles. The van der Waals surface area contributed by atoms with Gasteiger partial charge in [-0.1, -0.05) is 12.1 Å². The molecule has 5 heteroatoms. The van der Waals surface area contributed by atoms with Gasteiger partial charge in [-0.25, -0.2) is 4.39 Å². The van der Waals surface area contributed by atoms with Crippen molar-refractivity contribution in [2.24, 2.45) is 0 Å². The summed E-state index contributed by atoms with van der Waals surface area (Å²) in [4.78, 5) is 0. The molecule has 2 aromatic carbocycles. The molecule has 0 saturated heterocycles. The number of rotatable bonds is 4. The summed E-state index contributed by atoms with van der Waals surface area (Å²) in [6, 6.07) is 9.94. The maximum absolute atomic E-state index is 13.1. The molecule has 2 rings (SSSR count). The number of ether oxygens (including phenoxy) is 1. The molecule has 0 aromatic heterocycles. The molecule has 0 radical (unpaired) electrons. The quantitative estimate of drug-likeness (QED) is 0.895. The maximum atomic E-state index is 13.1. The molecule has 0 aliphatic heterocycles. The number of methoxy groups -OCH3 is 1. The first-order valence-corrected chi connectivity index (χ1v) is 6.45. The molecule has 0 atom stereocenters. The van der Waals surface area contributed by atoms with E-state index in [0.717, 1.165) is 5.69 Å². The highest BCUT2D eigenvalue weighted by atomic mass is 79.9. The van der Waals surface area contributed by atoms with Gasteiger partial charge in [0.25, 0.3) is 0 Å². The molecule has 0 spiro atoms. The number of nitrogens with one attached hydrogen (secondary N) is 1. The smallest absolute Gasteiger partial charge is 0.162 e. The average molecular weight is 326 g/mol. The van der Waals surface area contributed by atoms with E-state index in [1.807, 2.05) is 0 Å². The highest BCUT2D eigenvalue weighted by Crippen LogP contribution is 2.30. The lowest BCUT2D eigenvalue weighted by Crippen LogP contribution is -2.00. The molecule has 19 heavy (non-hydrogen) atoms. The molecule has 0 amide bonds. The standard InChI is InChI=1S/C14H13BrFNO2/c1-19-13-4-2-3-9(14(13)18)8-17-10-5-6-12(16)11(15)7-10/h2-7,17-18H,8H2,1H3. The Morgan fingerprint density at radius 3 is 2.79 bits per heavy atom. The Kier molecular flexibility index (Phi) is 4.27. The second-order valence-corrected chi connectivity index (χ2v) is 4.80. The molecule has 2 aromatic rings. The predicted octanol–water partition coefficient (Wildman–Crippen LogP) is 3.91. The third kappa shape index (κ3) is 3.17. The van der Waals surface area contributed by atoms with Gasteiger partial charge in [-0.3, -0.25) is 0 Å². The van der Waals surface area contributed by atoms with Crippen molar-refractivity contribution < 1.29 is 14.2 Å². The lowest BCUT2D eigenvalue weighted by Gasteiger charge is -2.11. The lowest BCUT2D eigenvalue weighted by molar-refractivity contribution is 0.371. The van der Waals surface area contributed by atoms with Gasteiger partial charge in [-0.05, 0) is 40.2 Å². The van der Waals surface area contributed by atoms with E-state index >= 15 is 0 Å². The van der Waals surface area contributed by atoms with Crippen LogP contribution in [0.15, 0.2) is 40.9 Å². The molecule has 0 heterocycles. The summed E-state index contributed by atoms with van der Waals surface area (Å²) in [5.74, 6) is 0.230. The van der Waals surface area contributed by atoms with Gasteiger partial charge in [-0.2, -0.15) is 0 Å². The summed E-state index contributed by atoms with van der Waals surface area (Å²) < 4.78 is 18.5. The Bertz CT molecular complexity index is 590. The van der Waals surface area contributed by atoms with Crippen LogP contribution in [0.1, 0.15) is 5.56 Å². The molecule has 0 fully saturated rings. The van der Waals surface area contributed by atoms with Crippen molar-refractivity contribution in [3.05, 3.63) is 52.3 Å². The van der Waals surface area contributed by atoms with Crippen LogP contribution in [-0.2, 0) is 6.54 Å². The minimum absolute atomic E-state index is 0.110. The van der Waals surface area contributed by atoms with Gasteiger partial charge >= 0.3 is 0 Å². The van der Waals surface area contributed by atoms with E-state index in [2.05, 4.69) is 21.2 Å². The summed E-state index contributed by atoms with van der Waals surface area (Å²) in [6.07, 6.45) is 0. The first-order chi connectivity index (χ1) is 9.11. The maximum Gasteiger partial charge on any atom is 0.162 e. The third-order valence-corrected chi connectivity index (χ3v) is 3.31. The number of para-hydroxylation sites is 1. The molecule has 100 valence electrons. The number of phenols is 1. The Hall–Kier alpha value is -1.75. The Morgan fingerprint density at radius 1 is 1.32 bits per heavy atom. The van der Waals surface area contributed by atoms with E-state index in [4.69, 9.17) is 4.74 Å². The third-order valence-electron chi connectivity index (χ3n) is 2.71. The van der Waals surface area contributed by atoms with Gasteiger partial charge in [0.2, 0.25) is 0 Å². The predicted molar refractivity (Wildman–Crippen MR) is 76.1 cm³/mol. The number of hydrogen-bond donors (Lipinski definition) is 2. The fourth-order valence-corrected chi connectivity index (χ4v) is 2.06. The van der Waals surface area contributed by atoms with Crippen LogP contribution in [0.3, 0.4) is 0 Å². The van der Waals surface area contributed by atoms with Gasteiger partial charge in [0.1, 0.15) is 5.82 Å². The molecule has 3 nitrogen and oxygen atoms in total. The van der Waals surface area contributed by atoms with E-state index in [9.17, 15) is 9.50 Å². The van der Waals surface area contributed by atoms with Crippen molar-refractivity contribution >= 4 is 21.6 Å². The van der Waals surface area contributed by atoms with Crippen LogP contribution in [0.2, 0.25) is 0 Å². The van der Waals surface area contributed by atoms with Crippen LogP contribution in [0.4, 0.5) is 10.1 Å². The van der Waals surface area contributed by atoms with Crippen LogP contribution in [-0.4, -0.2) is 12.2 Å². The number of hydrogen-bond acceptors (Lipinski definition) is 3. The van der Waals surface area contributed by atoms with E-state index < -0.39 is 0 Å². The summed E-state index contributed by atoms with van der Waals surface area (Å²) in [7, 11) is 1.50. The molecule has 0 bridgehead atoms. The number of benzene rings is 2. The zero-order valence-electron chi connectivity index (χ0n) is 10.3. The van der Waals surface area contributed by atoms with Gasteiger partial charge in [0, 0.05) is 17.8 Å². The number of aromatic hydroxyl groups is 1. The molecular formula is C14H13BrFNO2. The summed E-state index contributed by atoms with van der Waals surface area (Å²) in [5.41, 5.74) is 1.47. The molecule has 0 unspecified atom stereocenters. The SMILES string of the molecule is COc1cccc(CNc2ccc(F)c(Br)c2)c1O. The van der Waals surface area contributed by atoms with Crippen LogP contribution in [0.5, 0.6) is 11.5 Å². The second kappa shape index (κ2) is 5.93. The summed E-state index contributed by atoms with van der Waals surface area (Å²) in [6.45, 7) is 0.418. The highest BCUT2D eigenvalue weighted by Gasteiger charge is 2.07. The first kappa shape index (κ1) is 13.7. The van der Waals surface area contributed by atoms with Crippen molar-refractivity contribution in [2.45, 2.75) is 6.54 Å². The van der Waals surface area contributed by atoms with Crippen molar-refractivity contribution in [1.82, 2.24) is 0 Å². The fraction of sp³-hybridized carbons (Fsp3) is 0.143. The van der Waals surface area contributed by atoms with E-state index in [-0.39, 0.29) is 11.6 Å². The molecule has 0 aliphatic rings. The van der Waals surface area contributed by atoms with Crippen LogP contribution < -0.4 is 10.1 Å². The van der Waals surface area contributed by atoms with Crippen molar-refractivity contribution in [3.8, 4) is 11.5 Å². The van der Waals surface area contributed by atoms with Gasteiger partial charge in [-0.15, -0.1) is 0 Å². The van der Waals surface area contributed by atoms with Crippen LogP contribution >= 0.6 is 15.9 Å². The fourth-order valence-electron chi connectivity index (χ4n) is 1.68. The zero-order chi connectivity index (χ0) is 13.8. The van der Waals surface area contributed by atoms with Crippen molar-refractivity contribution in [3.63, 3.8) is 0 Å². The average Bonchev–Trinajstić information content (AvgIpc) is 2.41. The normalized spacial score (nSPS) is 10.3. The van der Waals surface area contributed by atoms with Crippen LogP contribution in [0, 0.1) is 5.82 Å². The monoisotopic (exact) mass is 325 g/mol. The Balaban J connectivity index is 2.12. The largest absolute Gasteiger partial charge is 0.504 e. The summed E-state index contributed by atoms with van der Waals surface area (Å²) >= 11 is 3.13. The van der Waals surface area contributed by atoms with Gasteiger partial charge < -0.3 is 15.2 Å². The second-order valence-electron chi connectivity index (χ2n) is 3.95. The van der Waals surface area contributed by atoms with E-state index in [0.29, 0.717) is 22.3 Å². The number of phenolic OH excluding ortho intramolecular Hbond substituents is 1. The first-order valence-electron chi connectivity index (χ1n) is 5.65. The molecular weight excluding hydrogens is 313 g/mol. The van der Waals surface area contributed by atoms with Gasteiger partial charge in [0.15, 0.2) is 11.5 Å². The number of halogens is 2. The zero-order valence-corrected chi connectivity index (χ0v) is 11.9. The Morgan fingerprint density at radius 2 is 2.11 bits per heavy atom. The minimum atomic E-state index is -0.310. The minimum Gasteiger partial charge on any atom is -0.504 e. The topological polar surface area (TPSA) is 41.5 Å².